The molecular weight excluding hydrogens is 507 g/mol. The molecule has 0 atom stereocenters. The highest BCUT2D eigenvalue weighted by molar-refractivity contribution is 6.31. The summed E-state index contributed by atoms with van der Waals surface area (Å²) in [5, 5.41) is 3.09. The van der Waals surface area contributed by atoms with Crippen molar-refractivity contribution in [2.24, 2.45) is 0 Å². The number of carbonyl (C=O) groups excluding carboxylic acids is 2. The van der Waals surface area contributed by atoms with Crippen molar-refractivity contribution >= 4 is 34.3 Å². The molecule has 2 amide bonds. The fourth-order valence-corrected chi connectivity index (χ4v) is 5.11. The van der Waals surface area contributed by atoms with Gasteiger partial charge < -0.3 is 19.5 Å². The Labute approximate surface area is 218 Å². The number of hydrogen-bond donors (Lipinski definition) is 1. The van der Waals surface area contributed by atoms with E-state index in [0.29, 0.717) is 55.2 Å². The number of aryl methyl sites for hydroxylation is 1. The van der Waals surface area contributed by atoms with E-state index < -0.39 is 12.1 Å². The highest BCUT2D eigenvalue weighted by Gasteiger charge is 2.38. The van der Waals surface area contributed by atoms with Gasteiger partial charge in [-0.2, -0.15) is 13.2 Å². The van der Waals surface area contributed by atoms with Gasteiger partial charge in [0.15, 0.2) is 0 Å². The molecular formula is C27H29ClF3N3O3. The van der Waals surface area contributed by atoms with Crippen LogP contribution in [-0.2, 0) is 22.6 Å². The Morgan fingerprint density at radius 2 is 1.89 bits per heavy atom. The maximum absolute atomic E-state index is 13.5. The summed E-state index contributed by atoms with van der Waals surface area (Å²) in [5.41, 5.74) is 4.15. The lowest BCUT2D eigenvalue weighted by atomic mass is 9.88. The van der Waals surface area contributed by atoms with Crippen molar-refractivity contribution in [3.63, 3.8) is 0 Å². The van der Waals surface area contributed by atoms with Crippen LogP contribution in [0.3, 0.4) is 0 Å². The highest BCUT2D eigenvalue weighted by atomic mass is 35.5. The molecule has 1 saturated heterocycles. The first-order chi connectivity index (χ1) is 17.6. The normalized spacial score (nSPS) is 14.8. The van der Waals surface area contributed by atoms with Crippen LogP contribution in [0.1, 0.15) is 45.8 Å². The number of para-hydroxylation sites is 1. The smallest absolute Gasteiger partial charge is 0.383 e. The van der Waals surface area contributed by atoms with Crippen LogP contribution >= 0.6 is 11.6 Å². The third kappa shape index (κ3) is 5.93. The maximum Gasteiger partial charge on any atom is 0.471 e. The van der Waals surface area contributed by atoms with Gasteiger partial charge >= 0.3 is 12.1 Å². The van der Waals surface area contributed by atoms with Gasteiger partial charge in [0.2, 0.25) is 0 Å². The molecule has 0 bridgehead atoms. The van der Waals surface area contributed by atoms with Crippen LogP contribution < -0.4 is 5.32 Å². The SMILES string of the molecule is COCCn1cc(C(=O)N2CCC(c3ccc(Cl)c(CNC(=O)C(F)(F)F)c3)CC2)c2cccc(C)c21. The van der Waals surface area contributed by atoms with Gasteiger partial charge in [-0.1, -0.05) is 41.9 Å². The van der Waals surface area contributed by atoms with Crippen molar-refractivity contribution in [3.05, 3.63) is 69.9 Å². The van der Waals surface area contributed by atoms with Crippen LogP contribution in [0.4, 0.5) is 13.2 Å². The number of hydrogen-bond acceptors (Lipinski definition) is 3. The number of nitrogens with zero attached hydrogens (tertiary/aromatic N) is 2. The summed E-state index contributed by atoms with van der Waals surface area (Å²) in [5.74, 6) is -1.89. The van der Waals surface area contributed by atoms with Crippen LogP contribution in [0.15, 0.2) is 42.6 Å². The second kappa shape index (κ2) is 11.1. The molecule has 4 rings (SSSR count). The molecule has 1 aromatic heterocycles. The Kier molecular flexibility index (Phi) is 8.14. The molecule has 2 aromatic carbocycles. The Morgan fingerprint density at radius 1 is 1.16 bits per heavy atom. The fraction of sp³-hybridized carbons (Fsp3) is 0.407. The van der Waals surface area contributed by atoms with Crippen LogP contribution in [0.25, 0.3) is 10.9 Å². The number of ether oxygens (including phenoxy) is 1. The minimum Gasteiger partial charge on any atom is -0.383 e. The third-order valence-corrected chi connectivity index (χ3v) is 7.26. The minimum atomic E-state index is -4.95. The Balaban J connectivity index is 1.45. The minimum absolute atomic E-state index is 0.0168. The van der Waals surface area contributed by atoms with Gasteiger partial charge in [-0.25, -0.2) is 0 Å². The van der Waals surface area contributed by atoms with E-state index in [4.69, 9.17) is 16.3 Å². The zero-order chi connectivity index (χ0) is 26.7. The predicted molar refractivity (Wildman–Crippen MR) is 136 cm³/mol. The van der Waals surface area contributed by atoms with E-state index in [1.165, 1.54) is 0 Å². The molecule has 6 nitrogen and oxygen atoms in total. The number of fused-ring (bicyclic) bond motifs is 1. The van der Waals surface area contributed by atoms with Crippen LogP contribution in [0.2, 0.25) is 5.02 Å². The number of amides is 2. The quantitative estimate of drug-likeness (QED) is 0.438. The zero-order valence-corrected chi connectivity index (χ0v) is 21.5. The summed E-state index contributed by atoms with van der Waals surface area (Å²) in [4.78, 5) is 26.6. The van der Waals surface area contributed by atoms with E-state index in [-0.39, 0.29) is 18.4 Å². The van der Waals surface area contributed by atoms with Crippen molar-refractivity contribution in [1.82, 2.24) is 14.8 Å². The molecule has 37 heavy (non-hydrogen) atoms. The molecule has 0 saturated carbocycles. The maximum atomic E-state index is 13.5. The number of methoxy groups -OCH3 is 1. The summed E-state index contributed by atoms with van der Waals surface area (Å²) in [6, 6.07) is 11.2. The number of halogens is 4. The summed E-state index contributed by atoms with van der Waals surface area (Å²) >= 11 is 6.16. The van der Waals surface area contributed by atoms with E-state index in [1.54, 1.807) is 19.2 Å². The molecule has 1 N–H and O–H groups in total. The Hall–Kier alpha value is -3.04. The molecule has 1 aliphatic rings. The van der Waals surface area contributed by atoms with Crippen molar-refractivity contribution in [2.45, 2.75) is 44.9 Å². The molecule has 0 unspecified atom stereocenters. The van der Waals surface area contributed by atoms with Gasteiger partial charge in [0, 0.05) is 49.9 Å². The number of alkyl halides is 3. The van der Waals surface area contributed by atoms with Gasteiger partial charge in [-0.3, -0.25) is 9.59 Å². The van der Waals surface area contributed by atoms with Crippen molar-refractivity contribution in [3.8, 4) is 0 Å². The Bertz CT molecular complexity index is 1300. The summed E-state index contributed by atoms with van der Waals surface area (Å²) in [7, 11) is 1.65. The largest absolute Gasteiger partial charge is 0.471 e. The van der Waals surface area contributed by atoms with E-state index in [2.05, 4.69) is 4.57 Å². The monoisotopic (exact) mass is 535 g/mol. The first kappa shape index (κ1) is 27.0. The van der Waals surface area contributed by atoms with Gasteiger partial charge in [-0.15, -0.1) is 0 Å². The van der Waals surface area contributed by atoms with Gasteiger partial charge in [0.1, 0.15) is 0 Å². The molecule has 2 heterocycles. The van der Waals surface area contributed by atoms with Gasteiger partial charge in [-0.05, 0) is 48.4 Å². The van der Waals surface area contributed by atoms with Crippen LogP contribution in [0, 0.1) is 6.92 Å². The molecule has 0 radical (unpaired) electrons. The van der Waals surface area contributed by atoms with Crippen LogP contribution in [-0.4, -0.2) is 54.3 Å². The lowest BCUT2D eigenvalue weighted by molar-refractivity contribution is -0.173. The topological polar surface area (TPSA) is 63.6 Å². The molecule has 198 valence electrons. The average Bonchev–Trinajstić information content (AvgIpc) is 3.25. The first-order valence-corrected chi connectivity index (χ1v) is 12.5. The van der Waals surface area contributed by atoms with E-state index in [1.807, 2.05) is 47.6 Å². The summed E-state index contributed by atoms with van der Waals surface area (Å²) in [6.45, 7) is 4.02. The second-order valence-corrected chi connectivity index (χ2v) is 9.71. The van der Waals surface area contributed by atoms with Gasteiger partial charge in [0.05, 0.1) is 17.7 Å². The third-order valence-electron chi connectivity index (χ3n) is 6.89. The Morgan fingerprint density at radius 3 is 2.57 bits per heavy atom. The molecule has 3 aromatic rings. The molecule has 1 aliphatic heterocycles. The lowest BCUT2D eigenvalue weighted by Gasteiger charge is -2.32. The van der Waals surface area contributed by atoms with Crippen molar-refractivity contribution in [2.75, 3.05) is 26.8 Å². The molecule has 0 aliphatic carbocycles. The molecule has 1 fully saturated rings. The number of benzene rings is 2. The fourth-order valence-electron chi connectivity index (χ4n) is 4.93. The number of carbonyl (C=O) groups is 2. The first-order valence-electron chi connectivity index (χ1n) is 12.1. The van der Waals surface area contributed by atoms with Gasteiger partial charge in [0.25, 0.3) is 5.91 Å². The van der Waals surface area contributed by atoms with E-state index in [0.717, 1.165) is 22.0 Å². The van der Waals surface area contributed by atoms with E-state index in [9.17, 15) is 22.8 Å². The second-order valence-electron chi connectivity index (χ2n) is 9.30. The highest BCUT2D eigenvalue weighted by Crippen LogP contribution is 2.33. The molecule has 0 spiro atoms. The number of aromatic nitrogens is 1. The van der Waals surface area contributed by atoms with E-state index >= 15 is 0 Å². The summed E-state index contributed by atoms with van der Waals surface area (Å²) < 4.78 is 44.9. The zero-order valence-electron chi connectivity index (χ0n) is 20.7. The number of rotatable bonds is 7. The van der Waals surface area contributed by atoms with Crippen molar-refractivity contribution in [1.29, 1.82) is 0 Å². The molecule has 10 heteroatoms. The number of nitrogens with one attached hydrogen (secondary N) is 1. The van der Waals surface area contributed by atoms with Crippen LogP contribution in [0.5, 0.6) is 0 Å². The lowest BCUT2D eigenvalue weighted by Crippen LogP contribution is -2.38. The number of piperidine rings is 1. The van der Waals surface area contributed by atoms with Crippen molar-refractivity contribution < 1.29 is 27.5 Å². The standard InChI is InChI=1S/C27H29ClF3N3O3/c1-17-4-3-5-21-22(16-34(24(17)21)12-13-37-2)25(35)33-10-8-18(9-11-33)19-6-7-23(28)20(14-19)15-32-26(36)27(29,30)31/h3-7,14,16,18H,8-13,15H2,1-2H3,(H,32,36). The number of likely N-dealkylation sites (tertiary alicyclic amines) is 1. The average molecular weight is 536 g/mol. The predicted octanol–water partition coefficient (Wildman–Crippen LogP) is 5.45. The summed E-state index contributed by atoms with van der Waals surface area (Å²) in [6.07, 6.45) is -1.61.